The first-order chi connectivity index (χ1) is 11.7. The highest BCUT2D eigenvalue weighted by atomic mass is 19.4. The van der Waals surface area contributed by atoms with Crippen LogP contribution >= 0.6 is 0 Å². The molecular formula is C17H21F3N2O3. The van der Waals surface area contributed by atoms with E-state index in [-0.39, 0.29) is 5.91 Å². The molecule has 138 valence electrons. The maximum absolute atomic E-state index is 12.4. The van der Waals surface area contributed by atoms with Crippen molar-refractivity contribution >= 4 is 11.9 Å². The molecule has 0 saturated carbocycles. The number of nitrogens with one attached hydrogen (secondary N) is 1. The van der Waals surface area contributed by atoms with Crippen LogP contribution < -0.4 is 5.32 Å². The highest BCUT2D eigenvalue weighted by Gasteiger charge is 2.38. The van der Waals surface area contributed by atoms with Crippen molar-refractivity contribution in [3.05, 3.63) is 34.9 Å². The minimum Gasteiger partial charge on any atom is -0.475 e. The topological polar surface area (TPSA) is 69.6 Å². The van der Waals surface area contributed by atoms with Gasteiger partial charge in [0.25, 0.3) is 5.91 Å². The van der Waals surface area contributed by atoms with E-state index in [1.54, 1.807) is 0 Å². The first-order valence-electron chi connectivity index (χ1n) is 8.17. The zero-order valence-electron chi connectivity index (χ0n) is 13.9. The molecule has 0 bridgehead atoms. The Kier molecular flexibility index (Phi) is 6.05. The third kappa shape index (κ3) is 4.72. The first kappa shape index (κ1) is 19.2. The number of carboxylic acid groups (broad SMARTS) is 1. The summed E-state index contributed by atoms with van der Waals surface area (Å²) in [4.78, 5) is 23.4. The Bertz CT molecular complexity index is 647. The van der Waals surface area contributed by atoms with E-state index < -0.39 is 12.1 Å². The molecule has 1 atom stereocenters. The Hall–Kier alpha value is -2.09. The molecule has 1 fully saturated rings. The van der Waals surface area contributed by atoms with E-state index in [9.17, 15) is 18.0 Å². The number of benzene rings is 1. The van der Waals surface area contributed by atoms with Gasteiger partial charge in [-0.15, -0.1) is 0 Å². The number of amides is 1. The number of carboxylic acids is 1. The van der Waals surface area contributed by atoms with Gasteiger partial charge in [-0.3, -0.25) is 4.79 Å². The molecule has 1 aromatic rings. The molecule has 0 aromatic heterocycles. The quantitative estimate of drug-likeness (QED) is 0.851. The maximum atomic E-state index is 12.4. The summed E-state index contributed by atoms with van der Waals surface area (Å²) < 4.78 is 31.7. The van der Waals surface area contributed by atoms with Crippen LogP contribution in [0.2, 0.25) is 0 Å². The molecule has 3 rings (SSSR count). The van der Waals surface area contributed by atoms with Crippen LogP contribution in [0.3, 0.4) is 0 Å². The van der Waals surface area contributed by atoms with Crippen LogP contribution in [0.25, 0.3) is 0 Å². The van der Waals surface area contributed by atoms with Gasteiger partial charge in [0.05, 0.1) is 0 Å². The second-order valence-corrected chi connectivity index (χ2v) is 6.11. The average molecular weight is 358 g/mol. The molecule has 2 heterocycles. The number of aliphatic carboxylic acids is 1. The lowest BCUT2D eigenvalue weighted by Gasteiger charge is -2.40. The minimum absolute atomic E-state index is 0.228. The molecule has 0 spiro atoms. The van der Waals surface area contributed by atoms with Gasteiger partial charge in [-0.05, 0) is 30.0 Å². The molecule has 2 aliphatic rings. The van der Waals surface area contributed by atoms with Crippen LogP contribution in [0.1, 0.15) is 34.8 Å². The lowest BCUT2D eigenvalue weighted by molar-refractivity contribution is -0.192. The number of hydrogen-bond acceptors (Lipinski definition) is 3. The molecule has 1 amide bonds. The summed E-state index contributed by atoms with van der Waals surface area (Å²) in [6.07, 6.45) is -1.82. The zero-order chi connectivity index (χ0) is 18.6. The van der Waals surface area contributed by atoms with Crippen LogP contribution in [-0.4, -0.2) is 53.7 Å². The van der Waals surface area contributed by atoms with Crippen LogP contribution in [0.15, 0.2) is 18.2 Å². The number of aryl methyl sites for hydroxylation is 1. The van der Waals surface area contributed by atoms with Gasteiger partial charge in [0.1, 0.15) is 0 Å². The fourth-order valence-electron chi connectivity index (χ4n) is 3.09. The second-order valence-electron chi connectivity index (χ2n) is 6.11. The number of carbonyl (C=O) groups excluding carboxylic acids is 1. The lowest BCUT2D eigenvalue weighted by Crippen LogP contribution is -2.56. The summed E-state index contributed by atoms with van der Waals surface area (Å²) in [6, 6.07) is 6.74. The zero-order valence-corrected chi connectivity index (χ0v) is 13.9. The summed E-state index contributed by atoms with van der Waals surface area (Å²) in [6.45, 7) is 4.89. The smallest absolute Gasteiger partial charge is 0.475 e. The van der Waals surface area contributed by atoms with Crippen LogP contribution in [0.4, 0.5) is 13.2 Å². The summed E-state index contributed by atoms with van der Waals surface area (Å²) in [5.74, 6) is -2.53. The van der Waals surface area contributed by atoms with E-state index in [0.717, 1.165) is 44.5 Å². The largest absolute Gasteiger partial charge is 0.490 e. The third-order valence-electron chi connectivity index (χ3n) is 4.25. The van der Waals surface area contributed by atoms with Crippen molar-refractivity contribution < 1.29 is 27.9 Å². The highest BCUT2D eigenvalue weighted by molar-refractivity contribution is 5.97. The van der Waals surface area contributed by atoms with Gasteiger partial charge < -0.3 is 15.3 Å². The lowest BCUT2D eigenvalue weighted by atomic mass is 9.90. The van der Waals surface area contributed by atoms with Crippen molar-refractivity contribution in [1.29, 1.82) is 0 Å². The first-order valence-corrected chi connectivity index (χ1v) is 8.17. The van der Waals surface area contributed by atoms with Gasteiger partial charge in [0, 0.05) is 31.2 Å². The van der Waals surface area contributed by atoms with Crippen molar-refractivity contribution in [2.75, 3.05) is 19.6 Å². The Morgan fingerprint density at radius 1 is 1.40 bits per heavy atom. The summed E-state index contributed by atoms with van der Waals surface area (Å²) in [5.41, 5.74) is 3.53. The average Bonchev–Trinajstić information content (AvgIpc) is 2.55. The van der Waals surface area contributed by atoms with E-state index in [2.05, 4.69) is 24.4 Å². The van der Waals surface area contributed by atoms with Crippen LogP contribution in [0, 0.1) is 0 Å². The number of halogens is 3. The Morgan fingerprint density at radius 2 is 2.08 bits per heavy atom. The number of carbonyl (C=O) groups is 2. The Morgan fingerprint density at radius 3 is 2.68 bits per heavy atom. The van der Waals surface area contributed by atoms with Gasteiger partial charge in [-0.2, -0.15) is 13.2 Å². The summed E-state index contributed by atoms with van der Waals surface area (Å²) in [5, 5.41) is 10.5. The molecule has 0 radical (unpaired) electrons. The molecule has 0 unspecified atom stereocenters. The van der Waals surface area contributed by atoms with Crippen molar-refractivity contribution in [3.8, 4) is 0 Å². The van der Waals surface area contributed by atoms with Gasteiger partial charge >= 0.3 is 12.1 Å². The van der Waals surface area contributed by atoms with Gasteiger partial charge in [0.2, 0.25) is 0 Å². The molecule has 2 N–H and O–H groups in total. The fraction of sp³-hybridized carbons (Fsp3) is 0.529. The SMILES string of the molecule is CCCc1ccc2c(c1)C[C@@H]1CNCCN1C2=O.O=C(O)C(F)(F)F. The normalized spacial score (nSPS) is 19.4. The molecule has 5 nitrogen and oxygen atoms in total. The Balaban J connectivity index is 0.000000277. The molecule has 0 aliphatic carbocycles. The number of fused-ring (bicyclic) bond motifs is 2. The van der Waals surface area contributed by atoms with Crippen molar-refractivity contribution in [1.82, 2.24) is 10.2 Å². The van der Waals surface area contributed by atoms with Crippen molar-refractivity contribution in [2.45, 2.75) is 38.4 Å². The second kappa shape index (κ2) is 7.86. The van der Waals surface area contributed by atoms with Gasteiger partial charge in [-0.1, -0.05) is 25.5 Å². The predicted molar refractivity (Wildman–Crippen MR) is 85.5 cm³/mol. The van der Waals surface area contributed by atoms with E-state index in [1.807, 2.05) is 11.0 Å². The molecule has 1 saturated heterocycles. The van der Waals surface area contributed by atoms with Gasteiger partial charge in [-0.25, -0.2) is 4.79 Å². The fourth-order valence-corrected chi connectivity index (χ4v) is 3.09. The van der Waals surface area contributed by atoms with Crippen molar-refractivity contribution in [2.24, 2.45) is 0 Å². The number of rotatable bonds is 2. The van der Waals surface area contributed by atoms with Crippen LogP contribution in [0.5, 0.6) is 0 Å². The third-order valence-corrected chi connectivity index (χ3v) is 4.25. The monoisotopic (exact) mass is 358 g/mol. The summed E-state index contributed by atoms with van der Waals surface area (Å²) in [7, 11) is 0. The number of nitrogens with zero attached hydrogens (tertiary/aromatic N) is 1. The number of hydrogen-bond donors (Lipinski definition) is 2. The number of alkyl halides is 3. The highest BCUT2D eigenvalue weighted by Crippen LogP contribution is 2.25. The Labute approximate surface area is 143 Å². The predicted octanol–water partition coefficient (Wildman–Crippen LogP) is 2.24. The number of piperazine rings is 1. The van der Waals surface area contributed by atoms with Crippen LogP contribution in [-0.2, 0) is 17.6 Å². The summed E-state index contributed by atoms with van der Waals surface area (Å²) >= 11 is 0. The van der Waals surface area contributed by atoms with E-state index >= 15 is 0 Å². The van der Waals surface area contributed by atoms with Crippen molar-refractivity contribution in [3.63, 3.8) is 0 Å². The molecule has 2 aliphatic heterocycles. The van der Waals surface area contributed by atoms with E-state index in [4.69, 9.17) is 9.90 Å². The standard InChI is InChI=1S/C15H20N2O.C2HF3O2/c1-2-3-11-4-5-14-12(8-11)9-13-10-16-6-7-17(13)15(14)18;3-2(4,5)1(6)7/h4-5,8,13,16H,2-3,6-7,9-10H2,1H3;(H,6,7)/t13-;/m1./s1. The van der Waals surface area contributed by atoms with E-state index in [0.29, 0.717) is 6.04 Å². The maximum Gasteiger partial charge on any atom is 0.490 e. The minimum atomic E-state index is -5.08. The molecule has 1 aromatic carbocycles. The molecule has 8 heteroatoms. The molecule has 25 heavy (non-hydrogen) atoms. The van der Waals surface area contributed by atoms with E-state index in [1.165, 1.54) is 11.1 Å². The van der Waals surface area contributed by atoms with Gasteiger partial charge in [0.15, 0.2) is 0 Å². The molecular weight excluding hydrogens is 337 g/mol.